The van der Waals surface area contributed by atoms with Gasteiger partial charge >= 0.3 is 0 Å². The molecule has 3 nitrogen and oxygen atoms in total. The number of carbonyl (C=O) groups is 2. The van der Waals surface area contributed by atoms with E-state index in [-0.39, 0.29) is 29.2 Å². The van der Waals surface area contributed by atoms with Crippen LogP contribution in [0.3, 0.4) is 0 Å². The number of rotatable bonds is 6. The number of phenols is 1. The van der Waals surface area contributed by atoms with Crippen molar-refractivity contribution in [3.63, 3.8) is 0 Å². The van der Waals surface area contributed by atoms with Gasteiger partial charge in [0.05, 0.1) is 0 Å². The molecule has 0 aromatic heterocycles. The molecule has 0 saturated heterocycles. The molecular weight excluding hydrogens is 276 g/mol. The van der Waals surface area contributed by atoms with E-state index in [1.54, 1.807) is 12.1 Å². The summed E-state index contributed by atoms with van der Waals surface area (Å²) < 4.78 is 0. The zero-order valence-electron chi connectivity index (χ0n) is 13.6. The van der Waals surface area contributed by atoms with Crippen LogP contribution in [0.2, 0.25) is 0 Å². The number of Topliss-reactive ketones (excluding diaryl/α,β-unsaturated/α-hetero) is 2. The third-order valence-corrected chi connectivity index (χ3v) is 5.11. The zero-order chi connectivity index (χ0) is 16.2. The van der Waals surface area contributed by atoms with Gasteiger partial charge in [0, 0.05) is 23.8 Å². The molecule has 1 saturated carbocycles. The summed E-state index contributed by atoms with van der Waals surface area (Å²) in [5, 5.41) is 9.24. The molecule has 1 aromatic rings. The Labute approximate surface area is 132 Å². The zero-order valence-corrected chi connectivity index (χ0v) is 13.6. The van der Waals surface area contributed by atoms with Gasteiger partial charge in [0.1, 0.15) is 11.5 Å². The van der Waals surface area contributed by atoms with Crippen LogP contribution in [-0.4, -0.2) is 16.7 Å². The smallest absolute Gasteiger partial charge is 0.163 e. The number of hydrogen-bond donors (Lipinski definition) is 1. The molecular formula is C19H26O3. The largest absolute Gasteiger partial charge is 0.508 e. The van der Waals surface area contributed by atoms with Gasteiger partial charge in [-0.3, -0.25) is 9.59 Å². The van der Waals surface area contributed by atoms with Crippen molar-refractivity contribution in [2.24, 2.45) is 11.3 Å². The topological polar surface area (TPSA) is 54.4 Å². The van der Waals surface area contributed by atoms with Gasteiger partial charge < -0.3 is 5.11 Å². The van der Waals surface area contributed by atoms with Gasteiger partial charge in [-0.2, -0.15) is 0 Å². The third-order valence-electron chi connectivity index (χ3n) is 5.11. The molecule has 0 unspecified atom stereocenters. The van der Waals surface area contributed by atoms with Crippen LogP contribution in [0.25, 0.3) is 0 Å². The molecule has 0 heterocycles. The first-order valence-electron chi connectivity index (χ1n) is 8.27. The number of benzene rings is 1. The first-order chi connectivity index (χ1) is 10.4. The summed E-state index contributed by atoms with van der Waals surface area (Å²) in [4.78, 5) is 24.7. The normalized spacial score (nSPS) is 16.5. The number of aromatic hydroxyl groups is 1. The van der Waals surface area contributed by atoms with Crippen LogP contribution in [-0.2, 0) is 4.79 Å². The van der Waals surface area contributed by atoms with Crippen molar-refractivity contribution in [3.05, 3.63) is 29.8 Å². The molecule has 120 valence electrons. The monoisotopic (exact) mass is 302 g/mol. The standard InChI is InChI=1S/C19H26O3/c1-19(2,15-6-4-3-5-7-15)18(22)13-12-17(21)14-8-10-16(20)11-9-14/h8-11,15,20H,3-7,12-13H2,1-2H3. The van der Waals surface area contributed by atoms with E-state index in [4.69, 9.17) is 0 Å². The van der Waals surface area contributed by atoms with Crippen LogP contribution in [0.1, 0.15) is 69.2 Å². The van der Waals surface area contributed by atoms with Crippen LogP contribution in [0.4, 0.5) is 0 Å². The summed E-state index contributed by atoms with van der Waals surface area (Å²) in [5.74, 6) is 0.767. The predicted octanol–water partition coefficient (Wildman–Crippen LogP) is 4.53. The molecule has 0 atom stereocenters. The second kappa shape index (κ2) is 7.08. The van der Waals surface area contributed by atoms with E-state index in [1.807, 2.05) is 13.8 Å². The highest BCUT2D eigenvalue weighted by molar-refractivity contribution is 5.98. The van der Waals surface area contributed by atoms with E-state index in [0.29, 0.717) is 17.9 Å². The Bertz CT molecular complexity index is 522. The number of ketones is 2. The number of carbonyl (C=O) groups excluding carboxylic acids is 2. The second-order valence-electron chi connectivity index (χ2n) is 6.95. The summed E-state index contributed by atoms with van der Waals surface area (Å²) in [7, 11) is 0. The Balaban J connectivity index is 1.91. The molecule has 1 N–H and O–H groups in total. The summed E-state index contributed by atoms with van der Waals surface area (Å²) >= 11 is 0. The molecule has 2 rings (SSSR count). The first kappa shape index (κ1) is 16.7. The van der Waals surface area contributed by atoms with Crippen molar-refractivity contribution in [1.82, 2.24) is 0 Å². The maximum absolute atomic E-state index is 12.6. The Morgan fingerprint density at radius 3 is 2.23 bits per heavy atom. The van der Waals surface area contributed by atoms with E-state index in [9.17, 15) is 14.7 Å². The Morgan fingerprint density at radius 2 is 1.64 bits per heavy atom. The molecule has 22 heavy (non-hydrogen) atoms. The van der Waals surface area contributed by atoms with Crippen LogP contribution in [0.5, 0.6) is 5.75 Å². The van der Waals surface area contributed by atoms with Crippen molar-refractivity contribution in [1.29, 1.82) is 0 Å². The van der Waals surface area contributed by atoms with Crippen molar-refractivity contribution in [2.75, 3.05) is 0 Å². The van der Waals surface area contributed by atoms with E-state index in [2.05, 4.69) is 0 Å². The molecule has 0 aliphatic heterocycles. The van der Waals surface area contributed by atoms with Crippen molar-refractivity contribution < 1.29 is 14.7 Å². The van der Waals surface area contributed by atoms with E-state index < -0.39 is 0 Å². The Hall–Kier alpha value is -1.64. The lowest BCUT2D eigenvalue weighted by Crippen LogP contribution is -2.34. The van der Waals surface area contributed by atoms with Crippen LogP contribution < -0.4 is 0 Å². The lowest BCUT2D eigenvalue weighted by molar-refractivity contribution is -0.130. The van der Waals surface area contributed by atoms with Gasteiger partial charge in [0.25, 0.3) is 0 Å². The molecule has 1 fully saturated rings. The highest BCUT2D eigenvalue weighted by atomic mass is 16.3. The molecule has 0 amide bonds. The van der Waals surface area contributed by atoms with Gasteiger partial charge in [0.2, 0.25) is 0 Å². The van der Waals surface area contributed by atoms with Gasteiger partial charge in [-0.15, -0.1) is 0 Å². The molecule has 1 aliphatic carbocycles. The quantitative estimate of drug-likeness (QED) is 0.785. The summed E-state index contributed by atoms with van der Waals surface area (Å²) in [5.41, 5.74) is 0.233. The van der Waals surface area contributed by atoms with Crippen molar-refractivity contribution >= 4 is 11.6 Å². The maximum Gasteiger partial charge on any atom is 0.163 e. The van der Waals surface area contributed by atoms with Crippen molar-refractivity contribution in [3.8, 4) is 5.75 Å². The minimum Gasteiger partial charge on any atom is -0.508 e. The van der Waals surface area contributed by atoms with E-state index in [0.717, 1.165) is 12.8 Å². The predicted molar refractivity (Wildman–Crippen MR) is 87.0 cm³/mol. The molecule has 0 radical (unpaired) electrons. The first-order valence-corrected chi connectivity index (χ1v) is 8.27. The molecule has 3 heteroatoms. The minimum atomic E-state index is -0.324. The Kier molecular flexibility index (Phi) is 5.38. The van der Waals surface area contributed by atoms with Gasteiger partial charge in [-0.05, 0) is 43.0 Å². The van der Waals surface area contributed by atoms with Gasteiger partial charge in [-0.25, -0.2) is 0 Å². The van der Waals surface area contributed by atoms with E-state index in [1.165, 1.54) is 31.4 Å². The Morgan fingerprint density at radius 1 is 1.05 bits per heavy atom. The summed E-state index contributed by atoms with van der Waals surface area (Å²) in [6.07, 6.45) is 6.53. The minimum absolute atomic E-state index is 0.0344. The highest BCUT2D eigenvalue weighted by Gasteiger charge is 2.36. The van der Waals surface area contributed by atoms with Crippen LogP contribution in [0, 0.1) is 11.3 Å². The van der Waals surface area contributed by atoms with Crippen LogP contribution >= 0.6 is 0 Å². The summed E-state index contributed by atoms with van der Waals surface area (Å²) in [6.45, 7) is 4.08. The SMILES string of the molecule is CC(C)(C(=O)CCC(=O)c1ccc(O)cc1)C1CCCCC1. The lowest BCUT2D eigenvalue weighted by Gasteiger charge is -2.35. The molecule has 1 aromatic carbocycles. The number of phenolic OH excluding ortho intramolecular Hbond substituents is 1. The average Bonchev–Trinajstić information content (AvgIpc) is 2.53. The van der Waals surface area contributed by atoms with Crippen molar-refractivity contribution in [2.45, 2.75) is 58.8 Å². The van der Waals surface area contributed by atoms with Crippen LogP contribution in [0.15, 0.2) is 24.3 Å². The number of hydrogen-bond acceptors (Lipinski definition) is 3. The van der Waals surface area contributed by atoms with Gasteiger partial charge in [0.15, 0.2) is 5.78 Å². The molecule has 1 aliphatic rings. The second-order valence-corrected chi connectivity index (χ2v) is 6.95. The van der Waals surface area contributed by atoms with E-state index >= 15 is 0 Å². The van der Waals surface area contributed by atoms with Gasteiger partial charge in [-0.1, -0.05) is 33.1 Å². The average molecular weight is 302 g/mol. The molecule has 0 spiro atoms. The fraction of sp³-hybridized carbons (Fsp3) is 0.579. The lowest BCUT2D eigenvalue weighted by atomic mass is 9.68. The highest BCUT2D eigenvalue weighted by Crippen LogP contribution is 2.39. The fourth-order valence-corrected chi connectivity index (χ4v) is 3.39. The fourth-order valence-electron chi connectivity index (χ4n) is 3.39. The molecule has 0 bridgehead atoms. The third kappa shape index (κ3) is 3.96. The maximum atomic E-state index is 12.6. The summed E-state index contributed by atoms with van der Waals surface area (Å²) in [6, 6.07) is 6.21.